The van der Waals surface area contributed by atoms with E-state index in [2.05, 4.69) is 16.3 Å². The van der Waals surface area contributed by atoms with Gasteiger partial charge >= 0.3 is 0 Å². The van der Waals surface area contributed by atoms with E-state index >= 15 is 0 Å². The van der Waals surface area contributed by atoms with Gasteiger partial charge in [0.15, 0.2) is 0 Å². The fraction of sp³-hybridized carbons (Fsp3) is 0.400. The van der Waals surface area contributed by atoms with Gasteiger partial charge in [0.1, 0.15) is 0 Å². The summed E-state index contributed by atoms with van der Waals surface area (Å²) < 4.78 is 1.75. The first kappa shape index (κ1) is 12.2. The summed E-state index contributed by atoms with van der Waals surface area (Å²) in [5.74, 6) is 0. The lowest BCUT2D eigenvalue weighted by Crippen LogP contribution is -2.44. The van der Waals surface area contributed by atoms with Crippen LogP contribution in [0.1, 0.15) is 5.56 Å². The van der Waals surface area contributed by atoms with Crippen molar-refractivity contribution in [1.82, 2.24) is 9.88 Å². The number of nitrogens with zero attached hydrogens (tertiary/aromatic N) is 2. The molecule has 4 heteroatoms. The second-order valence-corrected chi connectivity index (χ2v) is 5.09. The van der Waals surface area contributed by atoms with Gasteiger partial charge in [-0.25, -0.2) is 0 Å². The van der Waals surface area contributed by atoms with Crippen LogP contribution in [0.4, 0.5) is 5.69 Å². The van der Waals surface area contributed by atoms with Gasteiger partial charge in [0.2, 0.25) is 0 Å². The molecule has 1 aromatic heterocycles. The van der Waals surface area contributed by atoms with Crippen LogP contribution in [0.15, 0.2) is 29.1 Å². The molecule has 1 aromatic carbocycles. The Morgan fingerprint density at radius 2 is 1.84 bits per heavy atom. The number of hydrogen-bond acceptors (Lipinski definition) is 3. The van der Waals surface area contributed by atoms with Crippen molar-refractivity contribution in [2.24, 2.45) is 7.05 Å². The lowest BCUT2D eigenvalue weighted by molar-refractivity contribution is 0.589. The van der Waals surface area contributed by atoms with Crippen LogP contribution in [0, 0.1) is 6.92 Å². The van der Waals surface area contributed by atoms with E-state index in [1.165, 1.54) is 5.39 Å². The van der Waals surface area contributed by atoms with Crippen molar-refractivity contribution in [3.63, 3.8) is 0 Å². The van der Waals surface area contributed by atoms with Gasteiger partial charge in [-0.05, 0) is 13.0 Å². The molecule has 0 bridgehead atoms. The molecule has 4 nitrogen and oxygen atoms in total. The molecule has 0 saturated carbocycles. The lowest BCUT2D eigenvalue weighted by atomic mass is 10.1. The van der Waals surface area contributed by atoms with Gasteiger partial charge in [0, 0.05) is 44.2 Å². The van der Waals surface area contributed by atoms with Crippen molar-refractivity contribution in [2.45, 2.75) is 6.92 Å². The predicted octanol–water partition coefficient (Wildman–Crippen LogP) is 1.26. The number of para-hydroxylation sites is 1. The predicted molar refractivity (Wildman–Crippen MR) is 79.0 cm³/mol. The van der Waals surface area contributed by atoms with E-state index in [9.17, 15) is 4.79 Å². The summed E-state index contributed by atoms with van der Waals surface area (Å²) in [4.78, 5) is 14.7. The fourth-order valence-electron chi connectivity index (χ4n) is 2.93. The van der Waals surface area contributed by atoms with Crippen LogP contribution in [0.5, 0.6) is 0 Å². The van der Waals surface area contributed by atoms with Crippen LogP contribution in [0.3, 0.4) is 0 Å². The Balaban J connectivity index is 2.30. The first-order chi connectivity index (χ1) is 9.20. The van der Waals surface area contributed by atoms with Crippen LogP contribution in [-0.2, 0) is 7.05 Å². The van der Waals surface area contributed by atoms with Crippen molar-refractivity contribution in [2.75, 3.05) is 31.1 Å². The highest BCUT2D eigenvalue weighted by Crippen LogP contribution is 2.28. The van der Waals surface area contributed by atoms with Gasteiger partial charge in [0.05, 0.1) is 11.2 Å². The highest BCUT2D eigenvalue weighted by atomic mass is 16.1. The van der Waals surface area contributed by atoms with E-state index < -0.39 is 0 Å². The van der Waals surface area contributed by atoms with Crippen LogP contribution >= 0.6 is 0 Å². The lowest BCUT2D eigenvalue weighted by Gasteiger charge is -2.31. The number of rotatable bonds is 1. The number of anilines is 1. The van der Waals surface area contributed by atoms with Crippen LogP contribution in [0.2, 0.25) is 0 Å². The van der Waals surface area contributed by atoms with Crippen LogP contribution < -0.4 is 15.8 Å². The molecule has 19 heavy (non-hydrogen) atoms. The van der Waals surface area contributed by atoms with Gasteiger partial charge in [-0.3, -0.25) is 4.79 Å². The van der Waals surface area contributed by atoms with Crippen molar-refractivity contribution in [3.8, 4) is 0 Å². The monoisotopic (exact) mass is 257 g/mol. The maximum atomic E-state index is 12.4. The molecule has 100 valence electrons. The highest BCUT2D eigenvalue weighted by molar-refractivity contribution is 5.93. The van der Waals surface area contributed by atoms with Gasteiger partial charge in [-0.1, -0.05) is 18.2 Å². The van der Waals surface area contributed by atoms with Crippen molar-refractivity contribution < 1.29 is 0 Å². The van der Waals surface area contributed by atoms with E-state index in [0.717, 1.165) is 42.9 Å². The first-order valence-corrected chi connectivity index (χ1v) is 6.74. The van der Waals surface area contributed by atoms with E-state index in [1.807, 2.05) is 32.2 Å². The number of aromatic nitrogens is 1. The standard InChI is InChI=1S/C15H19N3O/c1-11-14(18-9-7-16-8-10-18)12-5-3-4-6-13(12)17(2)15(11)19/h3-6,16H,7-10H2,1-2H3. The Kier molecular flexibility index (Phi) is 3.03. The number of benzene rings is 1. The smallest absolute Gasteiger partial charge is 0.255 e. The second kappa shape index (κ2) is 4.70. The summed E-state index contributed by atoms with van der Waals surface area (Å²) in [6.07, 6.45) is 0. The van der Waals surface area contributed by atoms with Crippen molar-refractivity contribution in [3.05, 3.63) is 40.2 Å². The second-order valence-electron chi connectivity index (χ2n) is 5.09. The molecule has 0 radical (unpaired) electrons. The zero-order valence-electron chi connectivity index (χ0n) is 11.4. The van der Waals surface area contributed by atoms with E-state index in [0.29, 0.717) is 0 Å². The first-order valence-electron chi connectivity index (χ1n) is 6.74. The molecule has 0 amide bonds. The normalized spacial score (nSPS) is 16.0. The zero-order valence-corrected chi connectivity index (χ0v) is 11.4. The van der Waals surface area contributed by atoms with Gasteiger partial charge in [0.25, 0.3) is 5.56 Å². The number of pyridine rings is 1. The topological polar surface area (TPSA) is 37.3 Å². The Hall–Kier alpha value is -1.81. The fourth-order valence-corrected chi connectivity index (χ4v) is 2.93. The molecule has 2 aromatic rings. The van der Waals surface area contributed by atoms with Gasteiger partial charge in [-0.2, -0.15) is 0 Å². The molecule has 0 aliphatic carbocycles. The van der Waals surface area contributed by atoms with Gasteiger partial charge < -0.3 is 14.8 Å². The third-order valence-corrected chi connectivity index (χ3v) is 3.93. The molecule has 0 spiro atoms. The minimum absolute atomic E-state index is 0.104. The molecule has 1 fully saturated rings. The molecule has 1 aliphatic rings. The summed E-state index contributed by atoms with van der Waals surface area (Å²) in [6, 6.07) is 8.15. The summed E-state index contributed by atoms with van der Waals surface area (Å²) in [5.41, 5.74) is 3.07. The zero-order chi connectivity index (χ0) is 13.4. The molecular weight excluding hydrogens is 238 g/mol. The minimum Gasteiger partial charge on any atom is -0.368 e. The SMILES string of the molecule is Cc1c(N2CCNCC2)c2ccccc2n(C)c1=O. The summed E-state index contributed by atoms with van der Waals surface area (Å²) in [6.45, 7) is 5.80. The average molecular weight is 257 g/mol. The molecule has 1 saturated heterocycles. The Labute approximate surface area is 112 Å². The Morgan fingerprint density at radius 1 is 1.16 bits per heavy atom. The Morgan fingerprint density at radius 3 is 2.58 bits per heavy atom. The number of nitrogens with one attached hydrogen (secondary N) is 1. The van der Waals surface area contributed by atoms with Crippen LogP contribution in [0.25, 0.3) is 10.9 Å². The van der Waals surface area contributed by atoms with E-state index in [1.54, 1.807) is 4.57 Å². The number of piperazine rings is 1. The molecule has 0 atom stereocenters. The summed E-state index contributed by atoms with van der Waals surface area (Å²) in [5, 5.41) is 4.52. The summed E-state index contributed by atoms with van der Waals surface area (Å²) >= 11 is 0. The molecule has 0 unspecified atom stereocenters. The molecule has 1 N–H and O–H groups in total. The van der Waals surface area contributed by atoms with E-state index in [-0.39, 0.29) is 5.56 Å². The third kappa shape index (κ3) is 1.92. The number of fused-ring (bicyclic) bond motifs is 1. The third-order valence-electron chi connectivity index (χ3n) is 3.93. The molecule has 1 aliphatic heterocycles. The van der Waals surface area contributed by atoms with Crippen molar-refractivity contribution >= 4 is 16.6 Å². The number of hydrogen-bond donors (Lipinski definition) is 1. The quantitative estimate of drug-likeness (QED) is 0.835. The van der Waals surface area contributed by atoms with Crippen molar-refractivity contribution in [1.29, 1.82) is 0 Å². The molecular formula is C15H19N3O. The molecule has 2 heterocycles. The largest absolute Gasteiger partial charge is 0.368 e. The maximum absolute atomic E-state index is 12.4. The highest BCUT2D eigenvalue weighted by Gasteiger charge is 2.18. The number of aryl methyl sites for hydroxylation is 1. The maximum Gasteiger partial charge on any atom is 0.255 e. The minimum atomic E-state index is 0.104. The Bertz CT molecular complexity index is 669. The molecule has 3 rings (SSSR count). The van der Waals surface area contributed by atoms with E-state index in [4.69, 9.17) is 0 Å². The van der Waals surface area contributed by atoms with Crippen LogP contribution in [-0.4, -0.2) is 30.7 Å². The summed E-state index contributed by atoms with van der Waals surface area (Å²) in [7, 11) is 1.85. The average Bonchev–Trinajstić information content (AvgIpc) is 2.46. The van der Waals surface area contributed by atoms with Gasteiger partial charge in [-0.15, -0.1) is 0 Å².